The van der Waals surface area contributed by atoms with E-state index in [1.165, 1.54) is 4.88 Å². The van der Waals surface area contributed by atoms with Gasteiger partial charge in [-0.2, -0.15) is 0 Å². The van der Waals surface area contributed by atoms with Crippen molar-refractivity contribution in [1.29, 1.82) is 0 Å². The molecule has 0 unspecified atom stereocenters. The van der Waals surface area contributed by atoms with Crippen LogP contribution in [0, 0.1) is 6.92 Å². The van der Waals surface area contributed by atoms with Crippen molar-refractivity contribution in [3.05, 3.63) is 51.3 Å². The number of thiazole rings is 1. The fourth-order valence-electron chi connectivity index (χ4n) is 1.90. The van der Waals surface area contributed by atoms with E-state index in [0.717, 1.165) is 29.4 Å². The number of aromatic nitrogens is 3. The topological polar surface area (TPSA) is 42.2 Å². The van der Waals surface area contributed by atoms with Crippen molar-refractivity contribution in [3.8, 4) is 0 Å². The SMILES string of the molecule is Cc1ncc(CNCc2cn3cc(Cl)ccc3n2)s1. The largest absolute Gasteiger partial charge is 0.306 e. The summed E-state index contributed by atoms with van der Waals surface area (Å²) in [6.45, 7) is 3.57. The number of nitrogens with zero attached hydrogens (tertiary/aromatic N) is 3. The Morgan fingerprint density at radius 1 is 1.32 bits per heavy atom. The van der Waals surface area contributed by atoms with Crippen LogP contribution in [-0.2, 0) is 13.1 Å². The fourth-order valence-corrected chi connectivity index (χ4v) is 2.84. The van der Waals surface area contributed by atoms with Gasteiger partial charge in [-0.05, 0) is 19.1 Å². The van der Waals surface area contributed by atoms with Crippen LogP contribution in [0.15, 0.2) is 30.7 Å². The summed E-state index contributed by atoms with van der Waals surface area (Å²) in [5, 5.41) is 5.18. The monoisotopic (exact) mass is 292 g/mol. The molecule has 0 aliphatic heterocycles. The highest BCUT2D eigenvalue weighted by molar-refractivity contribution is 7.11. The van der Waals surface area contributed by atoms with Crippen molar-refractivity contribution in [2.75, 3.05) is 0 Å². The van der Waals surface area contributed by atoms with Crippen LogP contribution in [0.1, 0.15) is 15.6 Å². The summed E-state index contributed by atoms with van der Waals surface area (Å²) in [5.74, 6) is 0. The average Bonchev–Trinajstić information content (AvgIpc) is 2.95. The van der Waals surface area contributed by atoms with Crippen LogP contribution in [-0.4, -0.2) is 14.4 Å². The fraction of sp³-hybridized carbons (Fsp3) is 0.231. The molecule has 0 aliphatic rings. The van der Waals surface area contributed by atoms with E-state index in [1.54, 1.807) is 11.3 Å². The molecular formula is C13H13ClN4S. The van der Waals surface area contributed by atoms with Crippen LogP contribution >= 0.6 is 22.9 Å². The molecule has 0 radical (unpaired) electrons. The van der Waals surface area contributed by atoms with Crippen LogP contribution in [0.4, 0.5) is 0 Å². The zero-order chi connectivity index (χ0) is 13.2. The van der Waals surface area contributed by atoms with Crippen molar-refractivity contribution in [1.82, 2.24) is 19.7 Å². The highest BCUT2D eigenvalue weighted by Gasteiger charge is 2.03. The van der Waals surface area contributed by atoms with Crippen molar-refractivity contribution in [2.45, 2.75) is 20.0 Å². The summed E-state index contributed by atoms with van der Waals surface area (Å²) in [7, 11) is 0. The first-order valence-electron chi connectivity index (χ1n) is 5.96. The third-order valence-corrected chi connectivity index (χ3v) is 3.88. The Hall–Kier alpha value is -1.43. The van der Waals surface area contributed by atoms with Gasteiger partial charge in [-0.25, -0.2) is 9.97 Å². The van der Waals surface area contributed by atoms with E-state index in [-0.39, 0.29) is 0 Å². The Morgan fingerprint density at radius 3 is 3.00 bits per heavy atom. The van der Waals surface area contributed by atoms with Gasteiger partial charge in [0, 0.05) is 36.6 Å². The first-order chi connectivity index (χ1) is 9.20. The Kier molecular flexibility index (Phi) is 3.50. The molecule has 0 fully saturated rings. The highest BCUT2D eigenvalue weighted by atomic mass is 35.5. The first kappa shape index (κ1) is 12.6. The van der Waals surface area contributed by atoms with Crippen molar-refractivity contribution in [2.24, 2.45) is 0 Å². The molecule has 98 valence electrons. The minimum atomic E-state index is 0.713. The summed E-state index contributed by atoms with van der Waals surface area (Å²) >= 11 is 7.66. The Balaban J connectivity index is 1.65. The van der Waals surface area contributed by atoms with E-state index in [4.69, 9.17) is 11.6 Å². The number of halogens is 1. The second kappa shape index (κ2) is 5.28. The molecule has 0 saturated carbocycles. The van der Waals surface area contributed by atoms with Gasteiger partial charge in [0.1, 0.15) is 5.65 Å². The lowest BCUT2D eigenvalue weighted by atomic mass is 10.4. The summed E-state index contributed by atoms with van der Waals surface area (Å²) in [6.07, 6.45) is 5.77. The second-order valence-corrected chi connectivity index (χ2v) is 6.05. The van der Waals surface area contributed by atoms with Crippen LogP contribution in [0.2, 0.25) is 5.02 Å². The van der Waals surface area contributed by atoms with Crippen LogP contribution in [0.5, 0.6) is 0 Å². The summed E-state index contributed by atoms with van der Waals surface area (Å²) in [5.41, 5.74) is 1.92. The molecular weight excluding hydrogens is 280 g/mol. The van der Waals surface area contributed by atoms with Crippen LogP contribution in [0.3, 0.4) is 0 Å². The van der Waals surface area contributed by atoms with Crippen LogP contribution < -0.4 is 5.32 Å². The number of nitrogens with one attached hydrogen (secondary N) is 1. The molecule has 3 aromatic rings. The quantitative estimate of drug-likeness (QED) is 0.804. The maximum absolute atomic E-state index is 5.94. The van der Waals surface area contributed by atoms with E-state index in [1.807, 2.05) is 42.0 Å². The van der Waals surface area contributed by atoms with Gasteiger partial charge in [-0.15, -0.1) is 11.3 Å². The number of fused-ring (bicyclic) bond motifs is 1. The normalized spacial score (nSPS) is 11.3. The van der Waals surface area contributed by atoms with Crippen molar-refractivity contribution >= 4 is 28.6 Å². The van der Waals surface area contributed by atoms with E-state index >= 15 is 0 Å². The van der Waals surface area contributed by atoms with E-state index in [2.05, 4.69) is 15.3 Å². The van der Waals surface area contributed by atoms with Crippen LogP contribution in [0.25, 0.3) is 5.65 Å². The lowest BCUT2D eigenvalue weighted by molar-refractivity contribution is 0.689. The van der Waals surface area contributed by atoms with Gasteiger partial charge in [0.05, 0.1) is 15.7 Å². The van der Waals surface area contributed by atoms with Gasteiger partial charge < -0.3 is 9.72 Å². The van der Waals surface area contributed by atoms with Gasteiger partial charge in [0.15, 0.2) is 0 Å². The molecule has 0 amide bonds. The molecule has 0 aliphatic carbocycles. The van der Waals surface area contributed by atoms with Crippen molar-refractivity contribution < 1.29 is 0 Å². The molecule has 0 aromatic carbocycles. The third-order valence-electron chi connectivity index (χ3n) is 2.74. The molecule has 0 saturated heterocycles. The number of pyridine rings is 1. The summed E-state index contributed by atoms with van der Waals surface area (Å²) < 4.78 is 1.94. The lowest BCUT2D eigenvalue weighted by Crippen LogP contribution is -2.11. The van der Waals surface area contributed by atoms with Gasteiger partial charge in [0.2, 0.25) is 0 Å². The predicted molar refractivity (Wildman–Crippen MR) is 77.6 cm³/mol. The molecule has 0 atom stereocenters. The first-order valence-corrected chi connectivity index (χ1v) is 7.15. The third kappa shape index (κ3) is 2.94. The standard InChI is InChI=1S/C13H13ClN4S/c1-9-16-6-12(19-9)5-15-4-11-8-18-7-10(14)2-3-13(18)17-11/h2-3,6-8,15H,4-5H2,1H3. The number of hydrogen-bond acceptors (Lipinski definition) is 4. The second-order valence-electron chi connectivity index (χ2n) is 4.29. The number of hydrogen-bond donors (Lipinski definition) is 1. The molecule has 0 bridgehead atoms. The number of imidazole rings is 1. The van der Waals surface area contributed by atoms with E-state index in [9.17, 15) is 0 Å². The lowest BCUT2D eigenvalue weighted by Gasteiger charge is -1.98. The van der Waals surface area contributed by atoms with Gasteiger partial charge in [-0.3, -0.25) is 0 Å². The van der Waals surface area contributed by atoms with Gasteiger partial charge in [0.25, 0.3) is 0 Å². The number of rotatable bonds is 4. The maximum Gasteiger partial charge on any atom is 0.137 e. The molecule has 3 rings (SSSR count). The summed E-state index contributed by atoms with van der Waals surface area (Å²) in [6, 6.07) is 3.76. The zero-order valence-corrected chi connectivity index (χ0v) is 12.0. The molecule has 3 aromatic heterocycles. The summed E-state index contributed by atoms with van der Waals surface area (Å²) in [4.78, 5) is 9.99. The molecule has 19 heavy (non-hydrogen) atoms. The van der Waals surface area contributed by atoms with Gasteiger partial charge in [-0.1, -0.05) is 11.6 Å². The molecule has 1 N–H and O–H groups in total. The molecule has 6 heteroatoms. The van der Waals surface area contributed by atoms with Gasteiger partial charge >= 0.3 is 0 Å². The van der Waals surface area contributed by atoms with E-state index < -0.39 is 0 Å². The Morgan fingerprint density at radius 2 is 2.21 bits per heavy atom. The van der Waals surface area contributed by atoms with Crippen molar-refractivity contribution in [3.63, 3.8) is 0 Å². The Labute approximate surface area is 120 Å². The maximum atomic E-state index is 5.94. The minimum absolute atomic E-state index is 0.713. The molecule has 4 nitrogen and oxygen atoms in total. The Bertz CT molecular complexity index is 704. The molecule has 0 spiro atoms. The number of aryl methyl sites for hydroxylation is 1. The smallest absolute Gasteiger partial charge is 0.137 e. The minimum Gasteiger partial charge on any atom is -0.306 e. The zero-order valence-electron chi connectivity index (χ0n) is 10.4. The highest BCUT2D eigenvalue weighted by Crippen LogP contribution is 2.13. The molecule has 3 heterocycles. The van der Waals surface area contributed by atoms with E-state index in [0.29, 0.717) is 5.02 Å². The predicted octanol–water partition coefficient (Wildman–Crippen LogP) is 3.04. The average molecular weight is 293 g/mol.